The minimum Gasteiger partial charge on any atom is -0.354 e. The second-order valence-corrected chi connectivity index (χ2v) is 8.30. The van der Waals surface area contributed by atoms with Gasteiger partial charge in [-0.2, -0.15) is 0 Å². The van der Waals surface area contributed by atoms with Crippen molar-refractivity contribution in [3.8, 4) is 0 Å². The molecule has 6 heteroatoms. The second-order valence-electron chi connectivity index (χ2n) is 7.46. The smallest absolute Gasteiger partial charge is 0.237 e. The summed E-state index contributed by atoms with van der Waals surface area (Å²) in [5.41, 5.74) is 1.11. The van der Waals surface area contributed by atoms with Gasteiger partial charge in [-0.1, -0.05) is 12.8 Å². The van der Waals surface area contributed by atoms with Gasteiger partial charge in [-0.15, -0.1) is 11.3 Å². The van der Waals surface area contributed by atoms with Gasteiger partial charge < -0.3 is 15.5 Å². The van der Waals surface area contributed by atoms with Gasteiger partial charge in [0.05, 0.1) is 11.7 Å². The quantitative estimate of drug-likeness (QED) is 0.857. The van der Waals surface area contributed by atoms with Gasteiger partial charge in [-0.3, -0.25) is 4.79 Å². The van der Waals surface area contributed by atoms with E-state index in [0.29, 0.717) is 12.6 Å². The minimum atomic E-state index is 0.0219. The molecule has 2 N–H and O–H groups in total. The van der Waals surface area contributed by atoms with Gasteiger partial charge in [0.15, 0.2) is 5.13 Å². The molecule has 3 atom stereocenters. The van der Waals surface area contributed by atoms with Gasteiger partial charge in [0.25, 0.3) is 0 Å². The molecule has 3 heterocycles. The van der Waals surface area contributed by atoms with E-state index in [-0.39, 0.29) is 11.9 Å². The predicted molar refractivity (Wildman–Crippen MR) is 97.6 cm³/mol. The fourth-order valence-corrected chi connectivity index (χ4v) is 5.34. The largest absolute Gasteiger partial charge is 0.354 e. The summed E-state index contributed by atoms with van der Waals surface area (Å²) in [7, 11) is 0. The Morgan fingerprint density at radius 3 is 2.96 bits per heavy atom. The first-order chi connectivity index (χ1) is 11.8. The van der Waals surface area contributed by atoms with Crippen LogP contribution in [0.5, 0.6) is 0 Å². The molecule has 0 aromatic carbocycles. The molecule has 3 aliphatic rings. The van der Waals surface area contributed by atoms with E-state index in [9.17, 15) is 4.79 Å². The van der Waals surface area contributed by atoms with Crippen LogP contribution in [0.15, 0.2) is 5.38 Å². The number of amides is 1. The summed E-state index contributed by atoms with van der Waals surface area (Å²) in [4.78, 5) is 19.5. The molecule has 1 aliphatic carbocycles. The maximum absolute atomic E-state index is 12.4. The van der Waals surface area contributed by atoms with E-state index in [1.165, 1.54) is 38.5 Å². The molecule has 2 aliphatic heterocycles. The third-order valence-corrected chi connectivity index (χ3v) is 6.73. The summed E-state index contributed by atoms with van der Waals surface area (Å²) in [6.45, 7) is 2.97. The minimum absolute atomic E-state index is 0.0219. The van der Waals surface area contributed by atoms with Crippen molar-refractivity contribution >= 4 is 22.4 Å². The van der Waals surface area contributed by atoms with Gasteiger partial charge in [0, 0.05) is 37.5 Å². The van der Waals surface area contributed by atoms with Gasteiger partial charge in [-0.05, 0) is 38.0 Å². The molecule has 1 aromatic rings. The number of hydrogen-bond donors (Lipinski definition) is 2. The van der Waals surface area contributed by atoms with Crippen molar-refractivity contribution < 1.29 is 4.79 Å². The van der Waals surface area contributed by atoms with E-state index in [1.54, 1.807) is 11.3 Å². The first-order valence-electron chi connectivity index (χ1n) is 9.53. The number of carbonyl (C=O) groups excluding carboxylic acids is 1. The number of anilines is 1. The number of nitrogens with one attached hydrogen (secondary N) is 2. The number of hydrogen-bond acceptors (Lipinski definition) is 5. The Labute approximate surface area is 148 Å². The number of carbonyl (C=O) groups is 1. The van der Waals surface area contributed by atoms with Crippen LogP contribution in [-0.2, 0) is 11.2 Å². The highest BCUT2D eigenvalue weighted by molar-refractivity contribution is 7.13. The van der Waals surface area contributed by atoms with Crippen molar-refractivity contribution in [1.29, 1.82) is 0 Å². The van der Waals surface area contributed by atoms with Crippen LogP contribution >= 0.6 is 11.3 Å². The molecule has 1 aromatic heterocycles. The van der Waals surface area contributed by atoms with Gasteiger partial charge in [0.1, 0.15) is 0 Å². The zero-order valence-electron chi connectivity index (χ0n) is 14.3. The van der Waals surface area contributed by atoms with E-state index in [0.717, 1.165) is 42.7 Å². The monoisotopic (exact) mass is 348 g/mol. The molecule has 4 rings (SSSR count). The van der Waals surface area contributed by atoms with Crippen molar-refractivity contribution in [2.45, 2.75) is 63.5 Å². The molecular formula is C18H28N4OS. The first-order valence-corrected chi connectivity index (χ1v) is 10.4. The zero-order chi connectivity index (χ0) is 16.4. The summed E-state index contributed by atoms with van der Waals surface area (Å²) < 4.78 is 0. The van der Waals surface area contributed by atoms with Crippen LogP contribution in [0, 0.1) is 5.92 Å². The van der Waals surface area contributed by atoms with Crippen molar-refractivity contribution in [1.82, 2.24) is 15.6 Å². The lowest BCUT2D eigenvalue weighted by molar-refractivity contribution is -0.122. The van der Waals surface area contributed by atoms with Crippen LogP contribution in [0.2, 0.25) is 0 Å². The standard InChI is InChI=1S/C18H28N4OS/c23-17(16-11-13-5-1-2-6-15(13)21-16)19-8-7-14-12-24-18(20-14)22-9-3-4-10-22/h12-13,15-16,21H,1-11H2,(H,19,23). The molecule has 132 valence electrons. The topological polar surface area (TPSA) is 57.3 Å². The van der Waals surface area contributed by atoms with E-state index in [1.807, 2.05) is 0 Å². The zero-order valence-corrected chi connectivity index (χ0v) is 15.1. The summed E-state index contributed by atoms with van der Waals surface area (Å²) in [6.07, 6.45) is 9.59. The Morgan fingerprint density at radius 2 is 2.12 bits per heavy atom. The Hall–Kier alpha value is -1.14. The molecule has 3 unspecified atom stereocenters. The number of aromatic nitrogens is 1. The molecule has 5 nitrogen and oxygen atoms in total. The third-order valence-electron chi connectivity index (χ3n) is 5.78. The molecule has 2 saturated heterocycles. The summed E-state index contributed by atoms with van der Waals surface area (Å²) in [5, 5.41) is 9.95. The molecule has 0 bridgehead atoms. The highest BCUT2D eigenvalue weighted by Gasteiger charge is 2.37. The second kappa shape index (κ2) is 7.40. The molecule has 24 heavy (non-hydrogen) atoms. The first kappa shape index (κ1) is 16.3. The van der Waals surface area contributed by atoms with Crippen LogP contribution in [0.3, 0.4) is 0 Å². The molecule has 3 fully saturated rings. The number of nitrogens with zero attached hydrogens (tertiary/aromatic N) is 2. The molecular weight excluding hydrogens is 320 g/mol. The maximum Gasteiger partial charge on any atom is 0.237 e. The average Bonchev–Trinajstić information content (AvgIpc) is 3.33. The van der Waals surface area contributed by atoms with Crippen molar-refractivity contribution in [2.75, 3.05) is 24.5 Å². The lowest BCUT2D eigenvalue weighted by Crippen LogP contribution is -2.43. The third kappa shape index (κ3) is 3.59. The Bertz CT molecular complexity index is 555. The summed E-state index contributed by atoms with van der Waals surface area (Å²) in [6, 6.07) is 0.602. The Balaban J connectivity index is 1.22. The van der Waals surface area contributed by atoms with Crippen molar-refractivity contribution in [2.24, 2.45) is 5.92 Å². The van der Waals surface area contributed by atoms with E-state index < -0.39 is 0 Å². The highest BCUT2D eigenvalue weighted by Crippen LogP contribution is 2.33. The lowest BCUT2D eigenvalue weighted by Gasteiger charge is -2.24. The summed E-state index contributed by atoms with van der Waals surface area (Å²) >= 11 is 1.73. The maximum atomic E-state index is 12.4. The number of thiazole rings is 1. The summed E-state index contributed by atoms with van der Waals surface area (Å²) in [5.74, 6) is 0.899. The van der Waals surface area contributed by atoms with Gasteiger partial charge in [0.2, 0.25) is 5.91 Å². The van der Waals surface area contributed by atoms with Crippen LogP contribution in [0.25, 0.3) is 0 Å². The van der Waals surface area contributed by atoms with E-state index in [4.69, 9.17) is 4.98 Å². The van der Waals surface area contributed by atoms with E-state index >= 15 is 0 Å². The van der Waals surface area contributed by atoms with E-state index in [2.05, 4.69) is 20.9 Å². The van der Waals surface area contributed by atoms with Gasteiger partial charge >= 0.3 is 0 Å². The number of rotatable bonds is 5. The van der Waals surface area contributed by atoms with Gasteiger partial charge in [-0.25, -0.2) is 4.98 Å². The van der Waals surface area contributed by atoms with Crippen LogP contribution < -0.4 is 15.5 Å². The fraction of sp³-hybridized carbons (Fsp3) is 0.778. The van der Waals surface area contributed by atoms with Crippen LogP contribution in [0.4, 0.5) is 5.13 Å². The van der Waals surface area contributed by atoms with Crippen LogP contribution in [0.1, 0.15) is 50.6 Å². The predicted octanol–water partition coefficient (Wildman–Crippen LogP) is 2.32. The fourth-order valence-electron chi connectivity index (χ4n) is 4.42. The number of fused-ring (bicyclic) bond motifs is 1. The normalized spacial score (nSPS) is 29.7. The molecule has 0 radical (unpaired) electrons. The van der Waals surface area contributed by atoms with Crippen molar-refractivity contribution in [3.63, 3.8) is 0 Å². The Kier molecular flexibility index (Phi) is 5.03. The molecule has 1 amide bonds. The SMILES string of the molecule is O=C(NCCc1csc(N2CCCC2)n1)C1CC2CCCCC2N1. The van der Waals surface area contributed by atoms with Crippen LogP contribution in [-0.4, -0.2) is 42.6 Å². The Morgan fingerprint density at radius 1 is 1.29 bits per heavy atom. The molecule has 1 saturated carbocycles. The highest BCUT2D eigenvalue weighted by atomic mass is 32.1. The molecule has 0 spiro atoms. The van der Waals surface area contributed by atoms with Crippen molar-refractivity contribution in [3.05, 3.63) is 11.1 Å². The average molecular weight is 349 g/mol. The lowest BCUT2D eigenvalue weighted by atomic mass is 9.85.